The minimum absolute atomic E-state index is 0.100. The molecule has 0 radical (unpaired) electrons. The van der Waals surface area contributed by atoms with Gasteiger partial charge in [0.15, 0.2) is 11.6 Å². The summed E-state index contributed by atoms with van der Waals surface area (Å²) in [6, 6.07) is 13.8. The van der Waals surface area contributed by atoms with E-state index >= 15 is 0 Å². The van der Waals surface area contributed by atoms with Crippen molar-refractivity contribution in [2.75, 3.05) is 32.5 Å². The maximum Gasteiger partial charge on any atom is 0.211 e. The second-order valence-electron chi connectivity index (χ2n) is 8.77. The van der Waals surface area contributed by atoms with Crippen LogP contribution in [0.25, 0.3) is 0 Å². The third-order valence-corrected chi connectivity index (χ3v) is 7.80. The fraction of sp³-hybridized carbons (Fsp3) is 0.500. The Bertz CT molecular complexity index is 993. The van der Waals surface area contributed by atoms with E-state index in [1.165, 1.54) is 5.56 Å². The van der Waals surface area contributed by atoms with Crippen LogP contribution in [0, 0.1) is 17.7 Å². The molecule has 1 saturated carbocycles. The molecule has 0 bridgehead atoms. The molecular formula is C24H31FN2O3S. The second kappa shape index (κ2) is 9.67. The molecule has 2 atom stereocenters. The molecule has 5 nitrogen and oxygen atoms in total. The Labute approximate surface area is 184 Å². The van der Waals surface area contributed by atoms with Crippen molar-refractivity contribution < 1.29 is 17.5 Å². The zero-order chi connectivity index (χ0) is 21.8. The molecule has 2 aromatic rings. The standard InChI is InChI=1S/C24H31FN2O3S/c1-26-15-20-12-19-13-23(25)24(30-10-9-27-31(28,29)16-18-7-8-18)14-22(19)21(20)11-17-5-3-2-4-6-17/h2-6,13-14,18,20-21,26-27H,7-12,15-16H2,1H3. The van der Waals surface area contributed by atoms with Crippen molar-refractivity contribution in [1.29, 1.82) is 0 Å². The SMILES string of the molecule is CNCC1Cc2cc(F)c(OCCNS(=O)(=O)CC3CC3)cc2C1Cc1ccccc1. The highest BCUT2D eigenvalue weighted by atomic mass is 32.2. The summed E-state index contributed by atoms with van der Waals surface area (Å²) in [6.45, 7) is 1.11. The van der Waals surface area contributed by atoms with Crippen LogP contribution in [0.2, 0.25) is 0 Å². The van der Waals surface area contributed by atoms with Crippen molar-refractivity contribution >= 4 is 10.0 Å². The van der Waals surface area contributed by atoms with Gasteiger partial charge in [-0.25, -0.2) is 17.5 Å². The molecule has 0 saturated heterocycles. The summed E-state index contributed by atoms with van der Waals surface area (Å²) in [5.41, 5.74) is 3.43. The van der Waals surface area contributed by atoms with Gasteiger partial charge in [0.25, 0.3) is 0 Å². The highest BCUT2D eigenvalue weighted by Gasteiger charge is 2.33. The summed E-state index contributed by atoms with van der Waals surface area (Å²) >= 11 is 0. The fourth-order valence-corrected chi connectivity index (χ4v) is 6.02. The molecule has 0 heterocycles. The lowest BCUT2D eigenvalue weighted by Crippen LogP contribution is -2.31. The van der Waals surface area contributed by atoms with Crippen LogP contribution >= 0.6 is 0 Å². The average Bonchev–Trinajstić information content (AvgIpc) is 3.48. The van der Waals surface area contributed by atoms with E-state index in [1.807, 2.05) is 31.3 Å². The molecule has 168 valence electrons. The van der Waals surface area contributed by atoms with Gasteiger partial charge in [-0.05, 0) is 85.9 Å². The van der Waals surface area contributed by atoms with Crippen molar-refractivity contribution in [1.82, 2.24) is 10.0 Å². The summed E-state index contributed by atoms with van der Waals surface area (Å²) in [6.07, 6.45) is 3.70. The van der Waals surface area contributed by atoms with Gasteiger partial charge in [0.05, 0.1) is 5.75 Å². The van der Waals surface area contributed by atoms with Gasteiger partial charge in [0.2, 0.25) is 10.0 Å². The minimum Gasteiger partial charge on any atom is -0.489 e. The first-order chi connectivity index (χ1) is 14.9. The molecule has 2 aromatic carbocycles. The van der Waals surface area contributed by atoms with E-state index in [9.17, 15) is 12.8 Å². The lowest BCUT2D eigenvalue weighted by molar-refractivity contribution is 0.305. The molecule has 4 rings (SSSR count). The Hall–Kier alpha value is -1.96. The second-order valence-corrected chi connectivity index (χ2v) is 10.6. The van der Waals surface area contributed by atoms with Crippen molar-refractivity contribution in [3.8, 4) is 5.75 Å². The molecule has 0 amide bonds. The van der Waals surface area contributed by atoms with Crippen LogP contribution in [-0.4, -0.2) is 40.9 Å². The molecule has 2 aliphatic carbocycles. The number of benzene rings is 2. The number of hydrogen-bond acceptors (Lipinski definition) is 4. The monoisotopic (exact) mass is 446 g/mol. The first kappa shape index (κ1) is 22.2. The number of sulfonamides is 1. The minimum atomic E-state index is -3.28. The summed E-state index contributed by atoms with van der Waals surface area (Å²) in [5.74, 6) is 0.953. The largest absolute Gasteiger partial charge is 0.489 e. The molecular weight excluding hydrogens is 415 g/mol. The van der Waals surface area contributed by atoms with Crippen LogP contribution in [0.1, 0.15) is 35.4 Å². The zero-order valence-corrected chi connectivity index (χ0v) is 18.8. The van der Waals surface area contributed by atoms with Gasteiger partial charge in [0.1, 0.15) is 6.61 Å². The van der Waals surface area contributed by atoms with Crippen molar-refractivity contribution in [3.63, 3.8) is 0 Å². The molecule has 0 spiro atoms. The summed E-state index contributed by atoms with van der Waals surface area (Å²) in [7, 11) is -1.33. The molecule has 7 heteroatoms. The third-order valence-electron chi connectivity index (χ3n) is 6.24. The quantitative estimate of drug-likeness (QED) is 0.520. The number of fused-ring (bicyclic) bond motifs is 1. The van der Waals surface area contributed by atoms with E-state index in [0.29, 0.717) is 11.8 Å². The first-order valence-electron chi connectivity index (χ1n) is 11.1. The maximum atomic E-state index is 14.7. The molecule has 2 aliphatic rings. The van der Waals surface area contributed by atoms with Crippen LogP contribution in [0.4, 0.5) is 4.39 Å². The van der Waals surface area contributed by atoms with Gasteiger partial charge in [0, 0.05) is 6.54 Å². The van der Waals surface area contributed by atoms with E-state index in [0.717, 1.165) is 43.4 Å². The van der Waals surface area contributed by atoms with E-state index < -0.39 is 10.0 Å². The Kier molecular flexibility index (Phi) is 6.94. The maximum absolute atomic E-state index is 14.7. The molecule has 2 N–H and O–H groups in total. The number of ether oxygens (including phenoxy) is 1. The normalized spacial score (nSPS) is 20.6. The van der Waals surface area contributed by atoms with Gasteiger partial charge in [-0.1, -0.05) is 30.3 Å². The molecule has 0 aromatic heterocycles. The van der Waals surface area contributed by atoms with Crippen LogP contribution in [0.15, 0.2) is 42.5 Å². The van der Waals surface area contributed by atoms with E-state index in [4.69, 9.17) is 4.74 Å². The Morgan fingerprint density at radius 3 is 2.65 bits per heavy atom. The number of nitrogens with one attached hydrogen (secondary N) is 2. The Morgan fingerprint density at radius 2 is 1.94 bits per heavy atom. The van der Waals surface area contributed by atoms with Gasteiger partial charge in [-0.15, -0.1) is 0 Å². The Balaban J connectivity index is 1.43. The van der Waals surface area contributed by atoms with Gasteiger partial charge >= 0.3 is 0 Å². The Morgan fingerprint density at radius 1 is 1.16 bits per heavy atom. The highest BCUT2D eigenvalue weighted by molar-refractivity contribution is 7.89. The van der Waals surface area contributed by atoms with Crippen molar-refractivity contribution in [2.24, 2.45) is 11.8 Å². The number of rotatable bonds is 11. The highest BCUT2D eigenvalue weighted by Crippen LogP contribution is 2.42. The fourth-order valence-electron chi connectivity index (χ4n) is 4.55. The number of halogens is 1. The smallest absolute Gasteiger partial charge is 0.211 e. The molecule has 2 unspecified atom stereocenters. The van der Waals surface area contributed by atoms with Crippen LogP contribution in [0.5, 0.6) is 5.75 Å². The molecule has 0 aliphatic heterocycles. The van der Waals surface area contributed by atoms with Crippen LogP contribution < -0.4 is 14.8 Å². The summed E-state index contributed by atoms with van der Waals surface area (Å²) < 4.78 is 46.8. The first-order valence-corrected chi connectivity index (χ1v) is 12.7. The number of hydrogen-bond donors (Lipinski definition) is 2. The molecule has 1 fully saturated rings. The van der Waals surface area contributed by atoms with Crippen molar-refractivity contribution in [3.05, 3.63) is 65.0 Å². The van der Waals surface area contributed by atoms with Crippen molar-refractivity contribution in [2.45, 2.75) is 31.6 Å². The average molecular weight is 447 g/mol. The summed E-state index contributed by atoms with van der Waals surface area (Å²) in [4.78, 5) is 0. The van der Waals surface area contributed by atoms with E-state index in [-0.39, 0.29) is 36.4 Å². The van der Waals surface area contributed by atoms with Gasteiger partial charge < -0.3 is 10.1 Å². The summed E-state index contributed by atoms with van der Waals surface area (Å²) in [5, 5.41) is 3.27. The lowest BCUT2D eigenvalue weighted by Gasteiger charge is -2.21. The van der Waals surface area contributed by atoms with Crippen LogP contribution in [0.3, 0.4) is 0 Å². The lowest BCUT2D eigenvalue weighted by atomic mass is 9.86. The van der Waals surface area contributed by atoms with Gasteiger partial charge in [-0.3, -0.25) is 0 Å². The third kappa shape index (κ3) is 5.84. The van der Waals surface area contributed by atoms with E-state index in [2.05, 4.69) is 22.2 Å². The predicted molar refractivity (Wildman–Crippen MR) is 120 cm³/mol. The zero-order valence-electron chi connectivity index (χ0n) is 17.9. The predicted octanol–water partition coefficient (Wildman–Crippen LogP) is 3.25. The van der Waals surface area contributed by atoms with Crippen LogP contribution in [-0.2, 0) is 22.9 Å². The van der Waals surface area contributed by atoms with E-state index in [1.54, 1.807) is 6.07 Å². The topological polar surface area (TPSA) is 67.4 Å². The van der Waals surface area contributed by atoms with Gasteiger partial charge in [-0.2, -0.15) is 0 Å². The molecule has 31 heavy (non-hydrogen) atoms.